The lowest BCUT2D eigenvalue weighted by Crippen LogP contribution is -2.57. The van der Waals surface area contributed by atoms with Crippen molar-refractivity contribution in [2.75, 3.05) is 9.80 Å². The SMILES string of the molecule is O=C1C(=Cc2ccccc2OCc2ccc(Br)cc2)C(=O)N(c2ccccc2)C(=O)N1c1ccccc1. The molecular weight excluding hydrogens is 532 g/mol. The smallest absolute Gasteiger partial charge is 0.343 e. The molecule has 5 rings (SSSR count). The van der Waals surface area contributed by atoms with Gasteiger partial charge in [-0.05, 0) is 54.1 Å². The second kappa shape index (κ2) is 10.6. The molecule has 0 atom stereocenters. The first-order valence-corrected chi connectivity index (χ1v) is 12.3. The van der Waals surface area contributed by atoms with E-state index in [9.17, 15) is 14.4 Å². The molecule has 0 spiro atoms. The second-order valence-corrected chi connectivity index (χ2v) is 9.16. The van der Waals surface area contributed by atoms with Gasteiger partial charge in [-0.3, -0.25) is 9.59 Å². The number of hydrogen-bond donors (Lipinski definition) is 0. The average Bonchev–Trinajstić information content (AvgIpc) is 2.92. The zero-order valence-electron chi connectivity index (χ0n) is 19.6. The van der Waals surface area contributed by atoms with Gasteiger partial charge in [0, 0.05) is 10.0 Å². The third-order valence-electron chi connectivity index (χ3n) is 5.80. The second-order valence-electron chi connectivity index (χ2n) is 8.25. The van der Waals surface area contributed by atoms with Crippen LogP contribution in [0.4, 0.5) is 16.2 Å². The van der Waals surface area contributed by atoms with Crippen molar-refractivity contribution in [3.63, 3.8) is 0 Å². The fraction of sp³-hybridized carbons (Fsp3) is 0.0333. The zero-order valence-corrected chi connectivity index (χ0v) is 21.2. The molecular formula is C30H21BrN2O4. The highest BCUT2D eigenvalue weighted by Gasteiger charge is 2.43. The van der Waals surface area contributed by atoms with E-state index in [0.29, 0.717) is 29.3 Å². The van der Waals surface area contributed by atoms with Gasteiger partial charge in [0.15, 0.2) is 0 Å². The number of para-hydroxylation sites is 3. The number of imide groups is 2. The monoisotopic (exact) mass is 552 g/mol. The van der Waals surface area contributed by atoms with Crippen LogP contribution in [0.3, 0.4) is 0 Å². The number of halogens is 1. The summed E-state index contributed by atoms with van der Waals surface area (Å²) in [6, 6.07) is 31.3. The lowest BCUT2D eigenvalue weighted by molar-refractivity contribution is -0.121. The third kappa shape index (κ3) is 5.08. The van der Waals surface area contributed by atoms with Crippen LogP contribution in [-0.2, 0) is 16.2 Å². The first-order valence-electron chi connectivity index (χ1n) is 11.5. The summed E-state index contributed by atoms with van der Waals surface area (Å²) in [6.07, 6.45) is 1.49. The van der Waals surface area contributed by atoms with Crippen LogP contribution in [0.1, 0.15) is 11.1 Å². The Labute approximate surface area is 222 Å². The van der Waals surface area contributed by atoms with Crippen molar-refractivity contribution in [2.45, 2.75) is 6.61 Å². The number of carbonyl (C=O) groups is 3. The topological polar surface area (TPSA) is 66.9 Å². The lowest BCUT2D eigenvalue weighted by atomic mass is 10.0. The number of nitrogens with zero attached hydrogens (tertiary/aromatic N) is 2. The lowest BCUT2D eigenvalue weighted by Gasteiger charge is -2.34. The molecule has 7 heteroatoms. The minimum absolute atomic E-state index is 0.146. The Morgan fingerprint density at radius 2 is 1.16 bits per heavy atom. The summed E-state index contributed by atoms with van der Waals surface area (Å²) >= 11 is 3.42. The van der Waals surface area contributed by atoms with E-state index in [1.807, 2.05) is 30.3 Å². The maximum absolute atomic E-state index is 13.6. The van der Waals surface area contributed by atoms with Crippen molar-refractivity contribution < 1.29 is 19.1 Å². The van der Waals surface area contributed by atoms with Crippen LogP contribution in [0.2, 0.25) is 0 Å². The van der Waals surface area contributed by atoms with E-state index in [0.717, 1.165) is 19.8 Å². The van der Waals surface area contributed by atoms with Crippen LogP contribution in [0.15, 0.2) is 119 Å². The van der Waals surface area contributed by atoms with Gasteiger partial charge >= 0.3 is 6.03 Å². The Kier molecular flexibility index (Phi) is 6.96. The number of barbiturate groups is 1. The number of benzene rings is 4. The van der Waals surface area contributed by atoms with E-state index in [-0.39, 0.29) is 5.57 Å². The Morgan fingerprint density at radius 3 is 1.73 bits per heavy atom. The predicted molar refractivity (Wildman–Crippen MR) is 146 cm³/mol. The molecule has 182 valence electrons. The molecule has 1 aliphatic heterocycles. The van der Waals surface area contributed by atoms with E-state index < -0.39 is 17.8 Å². The Bertz CT molecular complexity index is 1420. The van der Waals surface area contributed by atoms with Crippen molar-refractivity contribution in [3.8, 4) is 5.75 Å². The number of rotatable bonds is 6. The number of urea groups is 1. The normalized spacial score (nSPS) is 13.6. The van der Waals surface area contributed by atoms with Crippen LogP contribution in [0, 0.1) is 0 Å². The molecule has 6 nitrogen and oxygen atoms in total. The van der Waals surface area contributed by atoms with Crippen LogP contribution in [0.5, 0.6) is 5.75 Å². The van der Waals surface area contributed by atoms with Gasteiger partial charge in [0.2, 0.25) is 0 Å². The summed E-state index contributed by atoms with van der Waals surface area (Å²) in [6.45, 7) is 0.306. The molecule has 4 aromatic carbocycles. The first kappa shape index (κ1) is 24.2. The van der Waals surface area contributed by atoms with Crippen LogP contribution in [0.25, 0.3) is 6.08 Å². The highest BCUT2D eigenvalue weighted by atomic mass is 79.9. The van der Waals surface area contributed by atoms with Crippen LogP contribution in [-0.4, -0.2) is 17.8 Å². The molecule has 1 fully saturated rings. The number of carbonyl (C=O) groups excluding carboxylic acids is 3. The molecule has 0 aliphatic carbocycles. The Hall–Kier alpha value is -4.49. The summed E-state index contributed by atoms with van der Waals surface area (Å²) in [5, 5.41) is 0. The molecule has 0 aromatic heterocycles. The van der Waals surface area contributed by atoms with E-state index in [4.69, 9.17) is 4.74 Å². The van der Waals surface area contributed by atoms with Gasteiger partial charge in [-0.25, -0.2) is 14.6 Å². The van der Waals surface area contributed by atoms with E-state index in [2.05, 4.69) is 15.9 Å². The summed E-state index contributed by atoms with van der Waals surface area (Å²) in [5.74, 6) is -0.889. The quantitative estimate of drug-likeness (QED) is 0.199. The van der Waals surface area contributed by atoms with Crippen LogP contribution < -0.4 is 14.5 Å². The van der Waals surface area contributed by atoms with Gasteiger partial charge in [0.05, 0.1) is 11.4 Å². The highest BCUT2D eigenvalue weighted by molar-refractivity contribution is 9.10. The van der Waals surface area contributed by atoms with Gasteiger partial charge in [0.25, 0.3) is 11.8 Å². The maximum Gasteiger partial charge on any atom is 0.343 e. The van der Waals surface area contributed by atoms with Crippen molar-refractivity contribution in [2.24, 2.45) is 0 Å². The fourth-order valence-electron chi connectivity index (χ4n) is 3.97. The van der Waals surface area contributed by atoms with Gasteiger partial charge in [-0.2, -0.15) is 0 Å². The van der Waals surface area contributed by atoms with Gasteiger partial charge in [0.1, 0.15) is 17.9 Å². The largest absolute Gasteiger partial charge is 0.488 e. The first-order chi connectivity index (χ1) is 18.0. The molecule has 4 aromatic rings. The standard InChI is InChI=1S/C30H21BrN2O4/c31-23-17-15-21(16-18-23)20-37-27-14-8-7-9-22(27)19-26-28(34)32(24-10-3-1-4-11-24)30(36)33(29(26)35)25-12-5-2-6-13-25/h1-19H,20H2. The molecule has 0 bridgehead atoms. The molecule has 0 radical (unpaired) electrons. The van der Waals surface area contributed by atoms with Crippen molar-refractivity contribution in [3.05, 3.63) is 130 Å². The summed E-state index contributed by atoms with van der Waals surface area (Å²) in [7, 11) is 0. The van der Waals surface area contributed by atoms with Gasteiger partial charge in [-0.15, -0.1) is 0 Å². The Balaban J connectivity index is 1.55. The van der Waals surface area contributed by atoms with Gasteiger partial charge < -0.3 is 4.74 Å². The number of amides is 4. The molecule has 1 heterocycles. The minimum Gasteiger partial charge on any atom is -0.488 e. The zero-order chi connectivity index (χ0) is 25.8. The molecule has 0 N–H and O–H groups in total. The highest BCUT2D eigenvalue weighted by Crippen LogP contribution is 2.31. The van der Waals surface area contributed by atoms with Crippen LogP contribution >= 0.6 is 15.9 Å². The number of hydrogen-bond acceptors (Lipinski definition) is 4. The summed E-state index contributed by atoms with van der Waals surface area (Å²) < 4.78 is 7.01. The Morgan fingerprint density at radius 1 is 0.649 bits per heavy atom. The molecule has 0 unspecified atom stereocenters. The molecule has 1 saturated heterocycles. The molecule has 0 saturated carbocycles. The summed E-state index contributed by atoms with van der Waals surface area (Å²) in [4.78, 5) is 42.7. The van der Waals surface area contributed by atoms with E-state index in [1.165, 1.54) is 6.08 Å². The fourth-order valence-corrected chi connectivity index (χ4v) is 4.23. The minimum atomic E-state index is -0.732. The number of ether oxygens (including phenoxy) is 1. The van der Waals surface area contributed by atoms with Crippen molar-refractivity contribution in [1.29, 1.82) is 0 Å². The molecule has 37 heavy (non-hydrogen) atoms. The van der Waals surface area contributed by atoms with Crippen molar-refractivity contribution in [1.82, 2.24) is 0 Å². The van der Waals surface area contributed by atoms with Crippen molar-refractivity contribution >= 4 is 51.2 Å². The maximum atomic E-state index is 13.6. The predicted octanol–water partition coefficient (Wildman–Crippen LogP) is 6.61. The number of anilines is 2. The van der Waals surface area contributed by atoms with Gasteiger partial charge in [-0.1, -0.05) is 82.7 Å². The average molecular weight is 553 g/mol. The molecule has 4 amide bonds. The van der Waals surface area contributed by atoms with E-state index >= 15 is 0 Å². The van der Waals surface area contributed by atoms with E-state index in [1.54, 1.807) is 78.9 Å². The molecule has 1 aliphatic rings. The summed E-state index contributed by atoms with van der Waals surface area (Å²) in [5.41, 5.74) is 2.11. The third-order valence-corrected chi connectivity index (χ3v) is 6.33.